The van der Waals surface area contributed by atoms with E-state index < -0.39 is 0 Å². The van der Waals surface area contributed by atoms with Gasteiger partial charge in [-0.05, 0) is 169 Å². The van der Waals surface area contributed by atoms with Crippen LogP contribution >= 0.6 is 0 Å². The lowest BCUT2D eigenvalue weighted by atomic mass is 9.80. The molecular formula is C58H37N. The normalized spacial score (nSPS) is 13.4. The summed E-state index contributed by atoms with van der Waals surface area (Å²) < 4.78 is 0. The highest BCUT2D eigenvalue weighted by atomic mass is 14.6. The van der Waals surface area contributed by atoms with Gasteiger partial charge in [0.15, 0.2) is 0 Å². The quantitative estimate of drug-likeness (QED) is 0.175. The molecule has 274 valence electrons. The fourth-order valence-electron chi connectivity index (χ4n) is 10.9. The third-order valence-corrected chi connectivity index (χ3v) is 13.7. The van der Waals surface area contributed by atoms with Gasteiger partial charge >= 0.3 is 0 Å². The minimum atomic E-state index is -0.168. The number of pyridine rings is 1. The van der Waals surface area contributed by atoms with Gasteiger partial charge in [-0.1, -0.05) is 153 Å². The Balaban J connectivity index is 1.02. The molecular weight excluding hydrogens is 711 g/mol. The van der Waals surface area contributed by atoms with Gasteiger partial charge in [-0.15, -0.1) is 0 Å². The monoisotopic (exact) mass is 747 g/mol. The Labute approximate surface area is 343 Å². The molecule has 3 aliphatic rings. The van der Waals surface area contributed by atoms with Crippen LogP contribution in [0.3, 0.4) is 0 Å². The zero-order chi connectivity index (χ0) is 39.0. The summed E-state index contributed by atoms with van der Waals surface area (Å²) in [6.45, 7) is 4.76. The van der Waals surface area contributed by atoms with Gasteiger partial charge in [-0.3, -0.25) is 4.98 Å². The van der Waals surface area contributed by atoms with Crippen LogP contribution in [0.1, 0.15) is 25.0 Å². The van der Waals surface area contributed by atoms with Crippen LogP contribution in [0.4, 0.5) is 0 Å². The predicted octanol–water partition coefficient (Wildman–Crippen LogP) is 15.7. The van der Waals surface area contributed by atoms with Crippen molar-refractivity contribution in [3.05, 3.63) is 199 Å². The van der Waals surface area contributed by atoms with Crippen LogP contribution in [0.2, 0.25) is 0 Å². The molecule has 3 aliphatic carbocycles. The van der Waals surface area contributed by atoms with Crippen molar-refractivity contribution in [2.75, 3.05) is 0 Å². The average molecular weight is 748 g/mol. The first-order chi connectivity index (χ1) is 29.0. The fraction of sp³-hybridized carbons (Fsp3) is 0.0517. The van der Waals surface area contributed by atoms with E-state index in [4.69, 9.17) is 0 Å². The number of benzene rings is 9. The highest BCUT2D eigenvalue weighted by Crippen LogP contribution is 2.54. The molecule has 0 spiro atoms. The standard InChI is InChI=1S/C58H37N/c1-58(2)54-31-34(36-10-9-27-59-33-36)19-21-46(54)47-22-20-35(32-55(47)58)37-28-38(40-23-25-52-44-13-5-3-11-42(44)50-17-7-15-48(40)56(50)52)30-39(29-37)41-24-26-53-45-14-6-4-12-43(45)51-18-8-16-49(41)57(51)53/h3-33H,1-2H3. The van der Waals surface area contributed by atoms with Crippen LogP contribution in [-0.4, -0.2) is 4.98 Å². The molecule has 0 amide bonds. The first-order valence-corrected chi connectivity index (χ1v) is 20.7. The second-order valence-electron chi connectivity index (χ2n) is 17.1. The van der Waals surface area contributed by atoms with E-state index in [1.54, 1.807) is 0 Å². The number of hydrogen-bond acceptors (Lipinski definition) is 1. The number of fused-ring (bicyclic) bond motifs is 9. The second-order valence-corrected chi connectivity index (χ2v) is 17.1. The molecule has 0 aliphatic heterocycles. The van der Waals surface area contributed by atoms with Crippen molar-refractivity contribution in [2.24, 2.45) is 0 Å². The minimum absolute atomic E-state index is 0.168. The van der Waals surface area contributed by atoms with E-state index in [0.717, 1.165) is 5.56 Å². The molecule has 59 heavy (non-hydrogen) atoms. The molecule has 0 saturated carbocycles. The Morgan fingerprint density at radius 3 is 1.22 bits per heavy atom. The Morgan fingerprint density at radius 1 is 0.305 bits per heavy atom. The van der Waals surface area contributed by atoms with Crippen molar-refractivity contribution in [3.63, 3.8) is 0 Å². The van der Waals surface area contributed by atoms with E-state index in [1.165, 1.54) is 127 Å². The zero-order valence-corrected chi connectivity index (χ0v) is 32.8. The third-order valence-electron chi connectivity index (χ3n) is 13.7. The molecule has 1 nitrogen and oxygen atoms in total. The van der Waals surface area contributed by atoms with E-state index in [2.05, 4.69) is 189 Å². The van der Waals surface area contributed by atoms with Crippen molar-refractivity contribution in [1.82, 2.24) is 4.98 Å². The first-order valence-electron chi connectivity index (χ1n) is 20.7. The van der Waals surface area contributed by atoms with Crippen molar-refractivity contribution in [2.45, 2.75) is 19.3 Å². The molecule has 0 atom stereocenters. The molecule has 1 heterocycles. The molecule has 0 saturated heterocycles. The summed E-state index contributed by atoms with van der Waals surface area (Å²) in [7, 11) is 0. The molecule has 0 N–H and O–H groups in total. The van der Waals surface area contributed by atoms with Crippen molar-refractivity contribution in [3.8, 4) is 100 Å². The summed E-state index contributed by atoms with van der Waals surface area (Å²) in [6.07, 6.45) is 3.80. The SMILES string of the molecule is CC1(C)c2cc(-c3cccnc3)ccc2-c2ccc(-c3cc(-c4ccc5c6c(cccc46)-c4ccccc4-5)cc(-c4ccc5c6c(cccc46)-c4ccccc4-5)c3)cc21. The Bertz CT molecular complexity index is 3250. The van der Waals surface area contributed by atoms with Crippen LogP contribution in [0.15, 0.2) is 188 Å². The van der Waals surface area contributed by atoms with E-state index in [9.17, 15) is 0 Å². The summed E-state index contributed by atoms with van der Waals surface area (Å²) in [5, 5.41) is 5.29. The van der Waals surface area contributed by atoms with Crippen LogP contribution in [0.5, 0.6) is 0 Å². The predicted molar refractivity (Wildman–Crippen MR) is 247 cm³/mol. The third kappa shape index (κ3) is 4.53. The second kappa shape index (κ2) is 11.8. The lowest BCUT2D eigenvalue weighted by Gasteiger charge is -2.23. The molecule has 13 rings (SSSR count). The van der Waals surface area contributed by atoms with Gasteiger partial charge in [0, 0.05) is 17.8 Å². The highest BCUT2D eigenvalue weighted by molar-refractivity contribution is 6.20. The molecule has 0 fully saturated rings. The first kappa shape index (κ1) is 32.7. The van der Waals surface area contributed by atoms with E-state index in [0.29, 0.717) is 0 Å². The lowest BCUT2D eigenvalue weighted by molar-refractivity contribution is 0.661. The Morgan fingerprint density at radius 2 is 0.729 bits per heavy atom. The average Bonchev–Trinajstić information content (AvgIpc) is 3.88. The van der Waals surface area contributed by atoms with E-state index in [1.807, 2.05) is 18.5 Å². The van der Waals surface area contributed by atoms with E-state index >= 15 is 0 Å². The maximum atomic E-state index is 4.41. The molecule has 1 aromatic heterocycles. The molecule has 0 radical (unpaired) electrons. The van der Waals surface area contributed by atoms with Crippen molar-refractivity contribution < 1.29 is 0 Å². The number of hydrogen-bond donors (Lipinski definition) is 0. The van der Waals surface area contributed by atoms with Crippen LogP contribution < -0.4 is 0 Å². The maximum absolute atomic E-state index is 4.41. The molecule has 9 aromatic carbocycles. The number of aromatic nitrogens is 1. The molecule has 1 heteroatoms. The summed E-state index contributed by atoms with van der Waals surface area (Å²) in [5.74, 6) is 0. The Kier molecular flexibility index (Phi) is 6.57. The summed E-state index contributed by atoms with van der Waals surface area (Å²) in [4.78, 5) is 4.41. The van der Waals surface area contributed by atoms with Gasteiger partial charge in [0.1, 0.15) is 0 Å². The zero-order valence-electron chi connectivity index (χ0n) is 32.8. The van der Waals surface area contributed by atoms with Gasteiger partial charge in [-0.2, -0.15) is 0 Å². The number of rotatable bonds is 4. The van der Waals surface area contributed by atoms with Crippen LogP contribution in [0, 0.1) is 0 Å². The minimum Gasteiger partial charge on any atom is -0.264 e. The van der Waals surface area contributed by atoms with Gasteiger partial charge in [0.05, 0.1) is 0 Å². The topological polar surface area (TPSA) is 12.9 Å². The smallest absolute Gasteiger partial charge is 0.0346 e. The highest BCUT2D eigenvalue weighted by Gasteiger charge is 2.36. The summed E-state index contributed by atoms with van der Waals surface area (Å²) in [5.41, 5.74) is 25.6. The van der Waals surface area contributed by atoms with Gasteiger partial charge in [0.25, 0.3) is 0 Å². The van der Waals surface area contributed by atoms with Gasteiger partial charge in [0.2, 0.25) is 0 Å². The molecule has 0 bridgehead atoms. The van der Waals surface area contributed by atoms with Crippen LogP contribution in [-0.2, 0) is 5.41 Å². The Hall–Kier alpha value is -7.35. The lowest BCUT2D eigenvalue weighted by Crippen LogP contribution is -2.15. The largest absolute Gasteiger partial charge is 0.264 e. The van der Waals surface area contributed by atoms with E-state index in [-0.39, 0.29) is 5.41 Å². The maximum Gasteiger partial charge on any atom is 0.0346 e. The fourth-order valence-corrected chi connectivity index (χ4v) is 10.9. The molecule has 0 unspecified atom stereocenters. The summed E-state index contributed by atoms with van der Waals surface area (Å²) >= 11 is 0. The van der Waals surface area contributed by atoms with Crippen LogP contribution in [0.25, 0.3) is 122 Å². The number of nitrogens with zero attached hydrogens (tertiary/aromatic N) is 1. The van der Waals surface area contributed by atoms with Gasteiger partial charge < -0.3 is 0 Å². The summed E-state index contributed by atoms with van der Waals surface area (Å²) in [6, 6.07) is 66.4. The van der Waals surface area contributed by atoms with Crippen molar-refractivity contribution in [1.29, 1.82) is 0 Å². The van der Waals surface area contributed by atoms with Gasteiger partial charge in [-0.25, -0.2) is 0 Å². The van der Waals surface area contributed by atoms with Crippen molar-refractivity contribution >= 4 is 21.5 Å². The molecule has 10 aromatic rings.